The molecule has 114 valence electrons. The Morgan fingerprint density at radius 2 is 2.14 bits per heavy atom. The van der Waals surface area contributed by atoms with Gasteiger partial charge in [-0.1, -0.05) is 18.0 Å². The third-order valence-electron chi connectivity index (χ3n) is 3.69. The van der Waals surface area contributed by atoms with Gasteiger partial charge in [-0.2, -0.15) is 9.57 Å². The number of aliphatic hydroxyl groups is 1. The summed E-state index contributed by atoms with van der Waals surface area (Å²) in [6, 6.07) is 6.05. The van der Waals surface area contributed by atoms with Crippen molar-refractivity contribution in [1.29, 1.82) is 5.26 Å². The SMILES string of the molecule is N#Cc1ccc(S(=O)(=O)N(CCCO)C2CCC2)cc1Cl. The van der Waals surface area contributed by atoms with Crippen molar-refractivity contribution in [3.63, 3.8) is 0 Å². The maximum absolute atomic E-state index is 12.7. The predicted molar refractivity (Wildman–Crippen MR) is 79.4 cm³/mol. The molecule has 21 heavy (non-hydrogen) atoms. The maximum atomic E-state index is 12.7. The summed E-state index contributed by atoms with van der Waals surface area (Å²) in [4.78, 5) is 0.0938. The molecule has 1 aliphatic carbocycles. The minimum absolute atomic E-state index is 0.00373. The van der Waals surface area contributed by atoms with Crippen LogP contribution in [0.25, 0.3) is 0 Å². The highest BCUT2D eigenvalue weighted by Gasteiger charge is 2.34. The number of sulfonamides is 1. The second kappa shape index (κ2) is 6.75. The van der Waals surface area contributed by atoms with E-state index in [1.807, 2.05) is 6.07 Å². The molecule has 1 fully saturated rings. The van der Waals surface area contributed by atoms with Crippen molar-refractivity contribution in [1.82, 2.24) is 4.31 Å². The van der Waals surface area contributed by atoms with Crippen LogP contribution < -0.4 is 0 Å². The Balaban J connectivity index is 2.33. The van der Waals surface area contributed by atoms with E-state index >= 15 is 0 Å². The Morgan fingerprint density at radius 3 is 2.62 bits per heavy atom. The van der Waals surface area contributed by atoms with Gasteiger partial charge in [0.25, 0.3) is 0 Å². The van der Waals surface area contributed by atoms with E-state index in [-0.39, 0.29) is 28.1 Å². The lowest BCUT2D eigenvalue weighted by molar-refractivity contribution is 0.198. The first-order chi connectivity index (χ1) is 10.0. The minimum atomic E-state index is -3.65. The van der Waals surface area contributed by atoms with E-state index in [4.69, 9.17) is 22.0 Å². The first kappa shape index (κ1) is 16.2. The van der Waals surface area contributed by atoms with Gasteiger partial charge in [-0.05, 0) is 37.5 Å². The Labute approximate surface area is 129 Å². The van der Waals surface area contributed by atoms with Gasteiger partial charge in [0.05, 0.1) is 15.5 Å². The Hall–Kier alpha value is -1.13. The van der Waals surface area contributed by atoms with E-state index in [9.17, 15) is 8.42 Å². The molecular weight excluding hydrogens is 312 g/mol. The fourth-order valence-electron chi connectivity index (χ4n) is 2.28. The number of halogens is 1. The normalized spacial score (nSPS) is 15.7. The minimum Gasteiger partial charge on any atom is -0.396 e. The number of aliphatic hydroxyl groups excluding tert-OH is 1. The summed E-state index contributed by atoms with van der Waals surface area (Å²) in [7, 11) is -3.65. The Morgan fingerprint density at radius 1 is 1.43 bits per heavy atom. The molecule has 0 unspecified atom stereocenters. The molecule has 1 aromatic carbocycles. The third-order valence-corrected chi connectivity index (χ3v) is 5.95. The van der Waals surface area contributed by atoms with E-state index in [0.29, 0.717) is 13.0 Å². The molecule has 1 saturated carbocycles. The zero-order chi connectivity index (χ0) is 15.5. The van der Waals surface area contributed by atoms with Crippen LogP contribution in [0, 0.1) is 11.3 Å². The zero-order valence-corrected chi connectivity index (χ0v) is 13.1. The largest absolute Gasteiger partial charge is 0.396 e. The quantitative estimate of drug-likeness (QED) is 0.867. The number of hydrogen-bond donors (Lipinski definition) is 1. The number of nitriles is 1. The molecule has 1 aromatic rings. The average Bonchev–Trinajstić information content (AvgIpc) is 2.40. The van der Waals surface area contributed by atoms with Gasteiger partial charge >= 0.3 is 0 Å². The van der Waals surface area contributed by atoms with Crippen molar-refractivity contribution in [2.75, 3.05) is 13.2 Å². The zero-order valence-electron chi connectivity index (χ0n) is 11.5. The highest BCUT2D eigenvalue weighted by molar-refractivity contribution is 7.89. The molecule has 7 heteroatoms. The van der Waals surface area contributed by atoms with Gasteiger partial charge < -0.3 is 5.11 Å². The van der Waals surface area contributed by atoms with E-state index in [1.54, 1.807) is 0 Å². The molecule has 0 amide bonds. The topological polar surface area (TPSA) is 81.4 Å². The number of nitrogens with zero attached hydrogens (tertiary/aromatic N) is 2. The van der Waals surface area contributed by atoms with Crippen molar-refractivity contribution in [2.24, 2.45) is 0 Å². The summed E-state index contributed by atoms with van der Waals surface area (Å²) in [6.45, 7) is 0.244. The lowest BCUT2D eigenvalue weighted by Crippen LogP contribution is -2.44. The fraction of sp³-hybridized carbons (Fsp3) is 0.500. The summed E-state index contributed by atoms with van der Waals surface area (Å²) in [5, 5.41) is 17.9. The molecular formula is C14H17ClN2O3S. The van der Waals surface area contributed by atoms with Gasteiger partial charge in [-0.15, -0.1) is 0 Å². The van der Waals surface area contributed by atoms with E-state index in [0.717, 1.165) is 19.3 Å². The maximum Gasteiger partial charge on any atom is 0.243 e. The van der Waals surface area contributed by atoms with Crippen LogP contribution in [-0.2, 0) is 10.0 Å². The smallest absolute Gasteiger partial charge is 0.243 e. The van der Waals surface area contributed by atoms with Crippen molar-refractivity contribution in [3.05, 3.63) is 28.8 Å². The van der Waals surface area contributed by atoms with Crippen LogP contribution in [0.1, 0.15) is 31.2 Å². The molecule has 0 radical (unpaired) electrons. The van der Waals surface area contributed by atoms with E-state index < -0.39 is 10.0 Å². The summed E-state index contributed by atoms with van der Waals surface area (Å²) in [5.74, 6) is 0. The van der Waals surface area contributed by atoms with Crippen LogP contribution >= 0.6 is 11.6 Å². The Bertz CT molecular complexity index is 651. The molecule has 1 N–H and O–H groups in total. The predicted octanol–water partition coefficient (Wildman–Crippen LogP) is 2.14. The molecule has 0 heterocycles. The van der Waals surface area contributed by atoms with Gasteiger partial charge in [0.15, 0.2) is 0 Å². The standard InChI is InChI=1S/C14H17ClN2O3S/c15-14-9-13(6-5-11(14)10-16)21(19,20)17(7-2-8-18)12-3-1-4-12/h5-6,9,12,18H,1-4,7-8H2. The summed E-state index contributed by atoms with van der Waals surface area (Å²) in [5.41, 5.74) is 0.251. The molecule has 0 aliphatic heterocycles. The summed E-state index contributed by atoms with van der Waals surface area (Å²) >= 11 is 5.93. The van der Waals surface area contributed by atoms with Crippen molar-refractivity contribution in [3.8, 4) is 6.07 Å². The van der Waals surface area contributed by atoms with E-state index in [1.165, 1.54) is 22.5 Å². The van der Waals surface area contributed by atoms with Gasteiger partial charge in [0.1, 0.15) is 6.07 Å². The molecule has 0 spiro atoms. The lowest BCUT2D eigenvalue weighted by atomic mass is 9.93. The molecule has 5 nitrogen and oxygen atoms in total. The lowest BCUT2D eigenvalue weighted by Gasteiger charge is -2.36. The fourth-order valence-corrected chi connectivity index (χ4v) is 4.32. The molecule has 2 rings (SSSR count). The third kappa shape index (κ3) is 3.38. The molecule has 0 saturated heterocycles. The van der Waals surface area contributed by atoms with Crippen LogP contribution in [-0.4, -0.2) is 37.0 Å². The number of benzene rings is 1. The van der Waals surface area contributed by atoms with Crippen LogP contribution in [0.5, 0.6) is 0 Å². The second-order valence-corrected chi connectivity index (χ2v) is 7.33. The first-order valence-corrected chi connectivity index (χ1v) is 8.65. The van der Waals surface area contributed by atoms with Gasteiger partial charge in [-0.25, -0.2) is 8.42 Å². The number of rotatable bonds is 6. The van der Waals surface area contributed by atoms with Gasteiger partial charge in [0, 0.05) is 19.2 Å². The molecule has 0 bridgehead atoms. The van der Waals surface area contributed by atoms with Gasteiger partial charge in [0.2, 0.25) is 10.0 Å². The summed E-state index contributed by atoms with van der Waals surface area (Å²) in [6.07, 6.45) is 3.10. The summed E-state index contributed by atoms with van der Waals surface area (Å²) < 4.78 is 26.9. The van der Waals surface area contributed by atoms with Crippen LogP contribution in [0.2, 0.25) is 5.02 Å². The van der Waals surface area contributed by atoms with Gasteiger partial charge in [-0.3, -0.25) is 0 Å². The first-order valence-electron chi connectivity index (χ1n) is 6.83. The van der Waals surface area contributed by atoms with Crippen molar-refractivity contribution < 1.29 is 13.5 Å². The van der Waals surface area contributed by atoms with Crippen LogP contribution in [0.15, 0.2) is 23.1 Å². The monoisotopic (exact) mass is 328 g/mol. The van der Waals surface area contributed by atoms with Crippen LogP contribution in [0.3, 0.4) is 0 Å². The molecule has 0 aromatic heterocycles. The van der Waals surface area contributed by atoms with E-state index in [2.05, 4.69) is 0 Å². The highest BCUT2D eigenvalue weighted by atomic mass is 35.5. The second-order valence-electron chi connectivity index (χ2n) is 5.03. The van der Waals surface area contributed by atoms with Crippen molar-refractivity contribution in [2.45, 2.75) is 36.6 Å². The van der Waals surface area contributed by atoms with Crippen molar-refractivity contribution >= 4 is 21.6 Å². The molecule has 0 atom stereocenters. The highest BCUT2D eigenvalue weighted by Crippen LogP contribution is 2.31. The van der Waals surface area contributed by atoms with Crippen LogP contribution in [0.4, 0.5) is 0 Å². The average molecular weight is 329 g/mol. The molecule has 1 aliphatic rings. The Kier molecular flexibility index (Phi) is 5.22. The number of hydrogen-bond acceptors (Lipinski definition) is 4.